The summed E-state index contributed by atoms with van der Waals surface area (Å²) in [5.74, 6) is -0.00560. The van der Waals surface area contributed by atoms with Gasteiger partial charge in [-0.15, -0.1) is 0 Å². The second kappa shape index (κ2) is 7.18. The number of rotatable bonds is 2. The van der Waals surface area contributed by atoms with E-state index in [0.29, 0.717) is 38.3 Å². The van der Waals surface area contributed by atoms with Gasteiger partial charge in [-0.2, -0.15) is 0 Å². The molecule has 1 aromatic carbocycles. The summed E-state index contributed by atoms with van der Waals surface area (Å²) in [6.07, 6.45) is 0.698. The second-order valence-electron chi connectivity index (χ2n) is 5.80. The van der Waals surface area contributed by atoms with Crippen LogP contribution in [0.4, 0.5) is 10.5 Å². The molecule has 2 rings (SSSR count). The maximum atomic E-state index is 12.4. The van der Waals surface area contributed by atoms with Crippen molar-refractivity contribution in [3.8, 4) is 0 Å². The van der Waals surface area contributed by atoms with Gasteiger partial charge >= 0.3 is 6.03 Å². The van der Waals surface area contributed by atoms with Gasteiger partial charge in [0.05, 0.1) is 4.90 Å². The van der Waals surface area contributed by atoms with Gasteiger partial charge in [0.25, 0.3) is 0 Å². The van der Waals surface area contributed by atoms with E-state index in [-0.39, 0.29) is 16.8 Å². The fourth-order valence-electron chi connectivity index (χ4n) is 2.54. The average Bonchev–Trinajstić information content (AvgIpc) is 2.74. The minimum Gasteiger partial charge on any atom is -0.341 e. The largest absolute Gasteiger partial charge is 0.341 e. The summed E-state index contributed by atoms with van der Waals surface area (Å²) in [5, 5.41) is 7.85. The molecule has 132 valence electrons. The number of primary sulfonamides is 1. The molecule has 1 saturated heterocycles. The quantitative estimate of drug-likeness (QED) is 0.815. The minimum atomic E-state index is -3.83. The van der Waals surface area contributed by atoms with Gasteiger partial charge in [-0.1, -0.05) is 6.07 Å². The average molecular weight is 354 g/mol. The molecule has 1 aliphatic heterocycles. The van der Waals surface area contributed by atoms with Crippen LogP contribution in [-0.2, 0) is 14.8 Å². The number of aryl methyl sites for hydroxylation is 1. The third-order valence-electron chi connectivity index (χ3n) is 4.01. The molecule has 3 amide bonds. The van der Waals surface area contributed by atoms with E-state index in [1.165, 1.54) is 19.1 Å². The number of amides is 3. The molecular formula is C15H22N4O4S. The number of urea groups is 1. The topological polar surface area (TPSA) is 113 Å². The van der Waals surface area contributed by atoms with Crippen molar-refractivity contribution >= 4 is 27.6 Å². The van der Waals surface area contributed by atoms with E-state index in [0.717, 1.165) is 5.56 Å². The van der Waals surface area contributed by atoms with Crippen LogP contribution in [0.1, 0.15) is 18.9 Å². The lowest BCUT2D eigenvalue weighted by atomic mass is 10.2. The van der Waals surface area contributed by atoms with E-state index in [1.807, 2.05) is 0 Å². The molecule has 0 spiro atoms. The first-order valence-corrected chi connectivity index (χ1v) is 9.18. The number of nitrogens with zero attached hydrogens (tertiary/aromatic N) is 2. The van der Waals surface area contributed by atoms with Gasteiger partial charge in [0.2, 0.25) is 15.9 Å². The number of hydrogen-bond acceptors (Lipinski definition) is 4. The summed E-state index contributed by atoms with van der Waals surface area (Å²) in [6, 6.07) is 4.02. The van der Waals surface area contributed by atoms with E-state index >= 15 is 0 Å². The molecule has 8 nitrogen and oxygen atoms in total. The molecule has 24 heavy (non-hydrogen) atoms. The van der Waals surface area contributed by atoms with Crippen molar-refractivity contribution in [2.45, 2.75) is 25.2 Å². The first kappa shape index (κ1) is 18.2. The van der Waals surface area contributed by atoms with E-state index in [1.54, 1.807) is 22.8 Å². The standard InChI is InChI=1S/C15H22N4O4S/c1-11-4-5-13(24(16,22)23)10-14(11)17-15(21)19-7-3-6-18(8-9-19)12(2)20/h4-5,10H,3,6-9H2,1-2H3,(H,17,21)(H2,16,22,23). The first-order chi connectivity index (χ1) is 11.2. The van der Waals surface area contributed by atoms with Crippen LogP contribution < -0.4 is 10.5 Å². The molecular weight excluding hydrogens is 332 g/mol. The Bertz CT molecular complexity index is 748. The molecule has 0 aliphatic carbocycles. The molecule has 0 atom stereocenters. The second-order valence-corrected chi connectivity index (χ2v) is 7.36. The highest BCUT2D eigenvalue weighted by Crippen LogP contribution is 2.20. The van der Waals surface area contributed by atoms with Crippen molar-refractivity contribution in [1.82, 2.24) is 9.80 Å². The zero-order valence-corrected chi connectivity index (χ0v) is 14.6. The summed E-state index contributed by atoms with van der Waals surface area (Å²) in [7, 11) is -3.83. The summed E-state index contributed by atoms with van der Waals surface area (Å²) in [6.45, 7) is 5.35. The summed E-state index contributed by atoms with van der Waals surface area (Å²) < 4.78 is 22.9. The number of hydrogen-bond donors (Lipinski definition) is 2. The van der Waals surface area contributed by atoms with E-state index in [9.17, 15) is 18.0 Å². The van der Waals surface area contributed by atoms with Crippen molar-refractivity contribution in [3.05, 3.63) is 23.8 Å². The molecule has 0 unspecified atom stereocenters. The Balaban J connectivity index is 2.11. The van der Waals surface area contributed by atoms with Crippen molar-refractivity contribution < 1.29 is 18.0 Å². The minimum absolute atomic E-state index is 0.00560. The van der Waals surface area contributed by atoms with Crippen LogP contribution in [0.3, 0.4) is 0 Å². The Hall–Kier alpha value is -2.13. The third kappa shape index (κ3) is 4.45. The van der Waals surface area contributed by atoms with Crippen LogP contribution in [0.15, 0.2) is 23.1 Å². The van der Waals surface area contributed by atoms with Crippen LogP contribution in [0.5, 0.6) is 0 Å². The highest BCUT2D eigenvalue weighted by molar-refractivity contribution is 7.89. The Morgan fingerprint density at radius 1 is 1.12 bits per heavy atom. The van der Waals surface area contributed by atoms with Gasteiger partial charge in [0.1, 0.15) is 0 Å². The summed E-state index contributed by atoms with van der Waals surface area (Å²) in [5.41, 5.74) is 1.13. The van der Waals surface area contributed by atoms with E-state index in [4.69, 9.17) is 5.14 Å². The number of nitrogens with one attached hydrogen (secondary N) is 1. The molecule has 9 heteroatoms. The predicted molar refractivity (Wildman–Crippen MR) is 90.0 cm³/mol. The molecule has 1 aliphatic rings. The van der Waals surface area contributed by atoms with Gasteiger partial charge in [0.15, 0.2) is 0 Å². The predicted octanol–water partition coefficient (Wildman–Crippen LogP) is 0.729. The summed E-state index contributed by atoms with van der Waals surface area (Å²) >= 11 is 0. The molecule has 0 bridgehead atoms. The van der Waals surface area contributed by atoms with Gasteiger partial charge in [-0.25, -0.2) is 18.4 Å². The highest BCUT2D eigenvalue weighted by Gasteiger charge is 2.21. The Morgan fingerprint density at radius 2 is 1.75 bits per heavy atom. The number of benzene rings is 1. The number of nitrogens with two attached hydrogens (primary N) is 1. The zero-order chi connectivity index (χ0) is 17.9. The number of carbonyl (C=O) groups excluding carboxylic acids is 2. The molecule has 3 N–H and O–H groups in total. The van der Waals surface area contributed by atoms with Crippen molar-refractivity contribution in [1.29, 1.82) is 0 Å². The lowest BCUT2D eigenvalue weighted by molar-refractivity contribution is -0.128. The Morgan fingerprint density at radius 3 is 2.38 bits per heavy atom. The van der Waals surface area contributed by atoms with Gasteiger partial charge in [0, 0.05) is 38.8 Å². The summed E-state index contributed by atoms with van der Waals surface area (Å²) in [4.78, 5) is 27.1. The Kier molecular flexibility index (Phi) is 5.45. The van der Waals surface area contributed by atoms with Crippen LogP contribution in [0.2, 0.25) is 0 Å². The van der Waals surface area contributed by atoms with Crippen LogP contribution in [0.25, 0.3) is 0 Å². The maximum absolute atomic E-state index is 12.4. The molecule has 1 fully saturated rings. The van der Waals surface area contributed by atoms with Crippen LogP contribution >= 0.6 is 0 Å². The van der Waals surface area contributed by atoms with E-state index < -0.39 is 10.0 Å². The van der Waals surface area contributed by atoms with Gasteiger partial charge in [-0.3, -0.25) is 4.79 Å². The lowest BCUT2D eigenvalue weighted by Crippen LogP contribution is -2.39. The van der Waals surface area contributed by atoms with Gasteiger partial charge in [-0.05, 0) is 31.0 Å². The molecule has 0 aromatic heterocycles. The number of sulfonamides is 1. The fraction of sp³-hybridized carbons (Fsp3) is 0.467. The molecule has 1 heterocycles. The smallest absolute Gasteiger partial charge is 0.321 e. The zero-order valence-electron chi connectivity index (χ0n) is 13.8. The van der Waals surface area contributed by atoms with Crippen LogP contribution in [0, 0.1) is 6.92 Å². The van der Waals surface area contributed by atoms with E-state index in [2.05, 4.69) is 5.32 Å². The monoisotopic (exact) mass is 354 g/mol. The Labute approximate surface area is 141 Å². The van der Waals surface area contributed by atoms with Crippen molar-refractivity contribution in [2.24, 2.45) is 5.14 Å². The molecule has 1 aromatic rings. The number of anilines is 1. The normalized spacial score (nSPS) is 15.8. The van der Waals surface area contributed by atoms with Crippen LogP contribution in [-0.4, -0.2) is 56.3 Å². The molecule has 0 saturated carbocycles. The van der Waals surface area contributed by atoms with Crippen molar-refractivity contribution in [3.63, 3.8) is 0 Å². The SMILES string of the molecule is CC(=O)N1CCCN(C(=O)Nc2cc(S(N)(=O)=O)ccc2C)CC1. The number of carbonyl (C=O) groups is 2. The van der Waals surface area contributed by atoms with Crippen molar-refractivity contribution in [2.75, 3.05) is 31.5 Å². The van der Waals surface area contributed by atoms with Gasteiger partial charge < -0.3 is 15.1 Å². The fourth-order valence-corrected chi connectivity index (χ4v) is 3.08. The highest BCUT2D eigenvalue weighted by atomic mass is 32.2. The molecule has 0 radical (unpaired) electrons. The first-order valence-electron chi connectivity index (χ1n) is 7.63. The third-order valence-corrected chi connectivity index (χ3v) is 4.92. The maximum Gasteiger partial charge on any atom is 0.321 e. The lowest BCUT2D eigenvalue weighted by Gasteiger charge is -2.22.